The number of carboxylic acids is 1. The van der Waals surface area contributed by atoms with E-state index < -0.39 is 15.8 Å². The first-order chi connectivity index (χ1) is 10.3. The fourth-order valence-corrected chi connectivity index (χ4v) is 4.69. The van der Waals surface area contributed by atoms with Crippen molar-refractivity contribution >= 4 is 27.4 Å². The third-order valence-electron chi connectivity index (χ3n) is 3.80. The average molecular weight is 344 g/mol. The summed E-state index contributed by atoms with van der Waals surface area (Å²) in [7, 11) is -3.01. The fourth-order valence-electron chi connectivity index (χ4n) is 2.69. The zero-order valence-electron chi connectivity index (χ0n) is 12.0. The maximum atomic E-state index is 11.7. The molecule has 1 saturated heterocycles. The molecule has 1 fully saturated rings. The van der Waals surface area contributed by atoms with Crippen LogP contribution in [0.4, 0.5) is 0 Å². The summed E-state index contributed by atoms with van der Waals surface area (Å²) in [5, 5.41) is 9.66. The number of hydrogen-bond acceptors (Lipinski definition) is 4. The van der Waals surface area contributed by atoms with Crippen molar-refractivity contribution in [3.63, 3.8) is 0 Å². The van der Waals surface area contributed by atoms with E-state index in [9.17, 15) is 18.3 Å². The first-order valence-electron chi connectivity index (χ1n) is 6.90. The zero-order chi connectivity index (χ0) is 16.3. The van der Waals surface area contributed by atoms with Gasteiger partial charge in [-0.15, -0.1) is 6.58 Å². The van der Waals surface area contributed by atoms with Gasteiger partial charge in [0, 0.05) is 24.2 Å². The molecule has 0 radical (unpaired) electrons. The molecule has 1 aromatic rings. The van der Waals surface area contributed by atoms with Crippen LogP contribution < -0.4 is 0 Å². The summed E-state index contributed by atoms with van der Waals surface area (Å²) in [5.41, 5.74) is 0.644. The number of hydrogen-bond donors (Lipinski definition) is 1. The van der Waals surface area contributed by atoms with Crippen molar-refractivity contribution in [2.45, 2.75) is 19.0 Å². The van der Waals surface area contributed by atoms with E-state index in [-0.39, 0.29) is 29.7 Å². The van der Waals surface area contributed by atoms with Crippen LogP contribution in [-0.2, 0) is 16.4 Å². The number of benzene rings is 1. The smallest absolute Gasteiger partial charge is 0.336 e. The van der Waals surface area contributed by atoms with Crippen molar-refractivity contribution in [2.75, 3.05) is 18.1 Å². The predicted molar refractivity (Wildman–Crippen MR) is 86.1 cm³/mol. The van der Waals surface area contributed by atoms with Gasteiger partial charge in [-0.1, -0.05) is 23.7 Å². The van der Waals surface area contributed by atoms with Crippen molar-refractivity contribution in [1.29, 1.82) is 0 Å². The fraction of sp³-hybridized carbons (Fsp3) is 0.400. The van der Waals surface area contributed by atoms with Crippen LogP contribution in [-0.4, -0.2) is 48.5 Å². The SMILES string of the molecule is C=CCN(Cc1c(Cl)cccc1C(=O)O)C1CCS(=O)(=O)C1. The van der Waals surface area contributed by atoms with Crippen LogP contribution in [0.25, 0.3) is 0 Å². The molecule has 2 rings (SSSR count). The van der Waals surface area contributed by atoms with E-state index in [0.29, 0.717) is 23.6 Å². The van der Waals surface area contributed by atoms with E-state index in [1.54, 1.807) is 18.2 Å². The molecule has 1 N–H and O–H groups in total. The summed E-state index contributed by atoms with van der Waals surface area (Å²) in [6.45, 7) is 4.45. The number of rotatable bonds is 6. The predicted octanol–water partition coefficient (Wildman–Crippen LogP) is 2.21. The second kappa shape index (κ2) is 6.81. The van der Waals surface area contributed by atoms with Gasteiger partial charge < -0.3 is 5.11 Å². The molecule has 0 aliphatic carbocycles. The van der Waals surface area contributed by atoms with E-state index in [2.05, 4.69) is 6.58 Å². The molecule has 0 saturated carbocycles. The molecular weight excluding hydrogens is 326 g/mol. The number of carbonyl (C=O) groups is 1. The number of nitrogens with zero attached hydrogens (tertiary/aromatic N) is 1. The van der Waals surface area contributed by atoms with Crippen LogP contribution in [0.2, 0.25) is 5.02 Å². The van der Waals surface area contributed by atoms with Crippen LogP contribution in [0.1, 0.15) is 22.3 Å². The van der Waals surface area contributed by atoms with Gasteiger partial charge >= 0.3 is 5.97 Å². The van der Waals surface area contributed by atoms with Crippen molar-refractivity contribution in [1.82, 2.24) is 4.90 Å². The summed E-state index contributed by atoms with van der Waals surface area (Å²) in [5.74, 6) is -0.789. The minimum Gasteiger partial charge on any atom is -0.478 e. The third-order valence-corrected chi connectivity index (χ3v) is 5.90. The van der Waals surface area contributed by atoms with Gasteiger partial charge in [0.25, 0.3) is 0 Å². The number of sulfone groups is 1. The Morgan fingerprint density at radius 1 is 1.50 bits per heavy atom. The van der Waals surface area contributed by atoms with Crippen LogP contribution in [0, 0.1) is 0 Å². The van der Waals surface area contributed by atoms with Gasteiger partial charge in [-0.2, -0.15) is 0 Å². The average Bonchev–Trinajstić information content (AvgIpc) is 2.80. The van der Waals surface area contributed by atoms with Gasteiger partial charge in [-0.3, -0.25) is 4.90 Å². The number of aromatic carboxylic acids is 1. The standard InChI is InChI=1S/C15H18ClNO4S/c1-2-7-17(11-6-8-22(20,21)10-11)9-13-12(15(18)19)4-3-5-14(13)16/h2-5,11H,1,6-10H2,(H,18,19). The molecule has 1 aliphatic rings. The van der Waals surface area contributed by atoms with Gasteiger partial charge in [0.2, 0.25) is 0 Å². The first kappa shape index (κ1) is 17.0. The highest BCUT2D eigenvalue weighted by Crippen LogP contribution is 2.25. The van der Waals surface area contributed by atoms with Crippen molar-refractivity contribution in [2.24, 2.45) is 0 Å². The minimum absolute atomic E-state index is 0.0910. The molecule has 7 heteroatoms. The molecule has 1 heterocycles. The summed E-state index contributed by atoms with van der Waals surface area (Å²) in [6.07, 6.45) is 2.23. The zero-order valence-corrected chi connectivity index (χ0v) is 13.6. The van der Waals surface area contributed by atoms with Crippen LogP contribution in [0.5, 0.6) is 0 Å². The molecule has 1 aromatic carbocycles. The first-order valence-corrected chi connectivity index (χ1v) is 9.10. The lowest BCUT2D eigenvalue weighted by Gasteiger charge is -2.27. The highest BCUT2D eigenvalue weighted by molar-refractivity contribution is 7.91. The molecule has 0 amide bonds. The second-order valence-corrected chi connectivity index (χ2v) is 7.98. The number of halogens is 1. The molecule has 1 atom stereocenters. The van der Waals surface area contributed by atoms with E-state index >= 15 is 0 Å². The Morgan fingerprint density at radius 2 is 2.23 bits per heavy atom. The quantitative estimate of drug-likeness (QED) is 0.801. The van der Waals surface area contributed by atoms with Crippen LogP contribution in [0.3, 0.4) is 0 Å². The molecule has 120 valence electrons. The minimum atomic E-state index is -3.01. The lowest BCUT2D eigenvalue weighted by Crippen LogP contribution is -2.36. The van der Waals surface area contributed by atoms with Gasteiger partial charge in [0.15, 0.2) is 9.84 Å². The van der Waals surface area contributed by atoms with Crippen molar-refractivity contribution < 1.29 is 18.3 Å². The van der Waals surface area contributed by atoms with Crippen molar-refractivity contribution in [3.05, 3.63) is 47.0 Å². The maximum absolute atomic E-state index is 11.7. The maximum Gasteiger partial charge on any atom is 0.336 e. The third kappa shape index (κ3) is 3.88. The monoisotopic (exact) mass is 343 g/mol. The van der Waals surface area contributed by atoms with Gasteiger partial charge in [0.1, 0.15) is 0 Å². The summed E-state index contributed by atoms with van der Waals surface area (Å²) >= 11 is 6.15. The molecule has 1 unspecified atom stereocenters. The van der Waals surface area contributed by atoms with E-state index in [0.717, 1.165) is 0 Å². The Hall–Kier alpha value is -1.37. The Labute approximate surface area is 135 Å². The molecule has 1 aliphatic heterocycles. The molecule has 5 nitrogen and oxygen atoms in total. The number of carboxylic acid groups (broad SMARTS) is 1. The Bertz CT molecular complexity index is 687. The molecule has 0 aromatic heterocycles. The normalized spacial score (nSPS) is 20.2. The lowest BCUT2D eigenvalue weighted by atomic mass is 10.1. The topological polar surface area (TPSA) is 74.7 Å². The Kier molecular flexibility index (Phi) is 5.26. The Morgan fingerprint density at radius 3 is 2.77 bits per heavy atom. The van der Waals surface area contributed by atoms with Crippen molar-refractivity contribution in [3.8, 4) is 0 Å². The second-order valence-electron chi connectivity index (χ2n) is 5.35. The summed E-state index contributed by atoms with van der Waals surface area (Å²) < 4.78 is 23.3. The van der Waals surface area contributed by atoms with Crippen LogP contribution >= 0.6 is 11.6 Å². The largest absolute Gasteiger partial charge is 0.478 e. The molecular formula is C15H18ClNO4S. The highest BCUT2D eigenvalue weighted by Gasteiger charge is 2.32. The lowest BCUT2D eigenvalue weighted by molar-refractivity contribution is 0.0694. The Balaban J connectivity index is 2.29. The van der Waals surface area contributed by atoms with E-state index in [1.807, 2.05) is 4.90 Å². The summed E-state index contributed by atoms with van der Waals surface area (Å²) in [6, 6.07) is 4.59. The van der Waals surface area contributed by atoms with Gasteiger partial charge in [0.05, 0.1) is 17.1 Å². The van der Waals surface area contributed by atoms with E-state index in [1.165, 1.54) is 6.07 Å². The molecule has 0 spiro atoms. The van der Waals surface area contributed by atoms with Gasteiger partial charge in [-0.25, -0.2) is 13.2 Å². The van der Waals surface area contributed by atoms with Crippen LogP contribution in [0.15, 0.2) is 30.9 Å². The van der Waals surface area contributed by atoms with Gasteiger partial charge in [-0.05, 0) is 24.1 Å². The van der Waals surface area contributed by atoms with E-state index in [4.69, 9.17) is 11.6 Å². The highest BCUT2D eigenvalue weighted by atomic mass is 35.5. The summed E-state index contributed by atoms with van der Waals surface area (Å²) in [4.78, 5) is 13.3. The molecule has 22 heavy (non-hydrogen) atoms. The molecule has 0 bridgehead atoms.